The van der Waals surface area contributed by atoms with Gasteiger partial charge in [0, 0.05) is 16.6 Å². The fourth-order valence-corrected chi connectivity index (χ4v) is 1.89. The molecular weight excluding hydrogens is 204 g/mol. The lowest BCUT2D eigenvalue weighted by molar-refractivity contribution is -0.117. The first-order chi connectivity index (χ1) is 7.61. The Hall–Kier alpha value is -1.97. The van der Waals surface area contributed by atoms with Gasteiger partial charge in [0.1, 0.15) is 5.75 Å². The molecule has 0 aliphatic heterocycles. The van der Waals surface area contributed by atoms with E-state index >= 15 is 0 Å². The average Bonchev–Trinajstić information content (AvgIpc) is 2.54. The first-order valence-electron chi connectivity index (χ1n) is 5.05. The fourth-order valence-electron chi connectivity index (χ4n) is 1.89. The summed E-state index contributed by atoms with van der Waals surface area (Å²) >= 11 is 0. The highest BCUT2D eigenvalue weighted by Gasteiger charge is 2.11. The van der Waals surface area contributed by atoms with Crippen LogP contribution in [0.4, 0.5) is 0 Å². The number of fused-ring (bicyclic) bond motifs is 1. The van der Waals surface area contributed by atoms with E-state index in [4.69, 9.17) is 10.5 Å². The molecule has 0 unspecified atom stereocenters. The van der Waals surface area contributed by atoms with Crippen molar-refractivity contribution >= 4 is 16.8 Å². The molecule has 1 amide bonds. The van der Waals surface area contributed by atoms with E-state index in [1.807, 2.05) is 25.1 Å². The minimum Gasteiger partial charge on any atom is -0.497 e. The standard InChI is InChI=1S/C12H14N2O2/c1-7-9(6-12(13)15)10-5-8(16-2)3-4-11(10)14-7/h3-5,14H,6H2,1-2H3,(H2,13,15). The van der Waals surface area contributed by atoms with Crippen molar-refractivity contribution in [2.24, 2.45) is 5.73 Å². The number of nitrogens with one attached hydrogen (secondary N) is 1. The number of amides is 1. The van der Waals surface area contributed by atoms with Crippen LogP contribution in [0.5, 0.6) is 5.75 Å². The number of ether oxygens (including phenoxy) is 1. The van der Waals surface area contributed by atoms with Gasteiger partial charge in [-0.1, -0.05) is 0 Å². The Labute approximate surface area is 93.4 Å². The van der Waals surface area contributed by atoms with Crippen LogP contribution >= 0.6 is 0 Å². The molecule has 3 N–H and O–H groups in total. The molecule has 1 aromatic carbocycles. The lowest BCUT2D eigenvalue weighted by atomic mass is 10.1. The number of rotatable bonds is 3. The van der Waals surface area contributed by atoms with Crippen molar-refractivity contribution in [3.8, 4) is 5.75 Å². The third-order valence-corrected chi connectivity index (χ3v) is 2.68. The fraction of sp³-hybridized carbons (Fsp3) is 0.250. The molecule has 0 atom stereocenters. The summed E-state index contributed by atoms with van der Waals surface area (Å²) in [5, 5.41) is 0.996. The number of aromatic amines is 1. The second kappa shape index (κ2) is 3.89. The Bertz CT molecular complexity index is 543. The Balaban J connectivity index is 2.61. The monoisotopic (exact) mass is 218 g/mol. The molecule has 2 rings (SSSR count). The van der Waals surface area contributed by atoms with Gasteiger partial charge in [-0.3, -0.25) is 4.79 Å². The molecule has 16 heavy (non-hydrogen) atoms. The quantitative estimate of drug-likeness (QED) is 0.820. The smallest absolute Gasteiger partial charge is 0.221 e. The summed E-state index contributed by atoms with van der Waals surface area (Å²) in [6.45, 7) is 1.94. The van der Waals surface area contributed by atoms with E-state index in [0.29, 0.717) is 0 Å². The summed E-state index contributed by atoms with van der Waals surface area (Å²) in [4.78, 5) is 14.2. The molecule has 1 aromatic heterocycles. The number of hydrogen-bond acceptors (Lipinski definition) is 2. The molecule has 0 saturated carbocycles. The number of nitrogens with two attached hydrogens (primary N) is 1. The lowest BCUT2D eigenvalue weighted by Gasteiger charge is -2.01. The second-order valence-corrected chi connectivity index (χ2v) is 3.78. The van der Waals surface area contributed by atoms with Crippen LogP contribution in [0.15, 0.2) is 18.2 Å². The van der Waals surface area contributed by atoms with Crippen LogP contribution in [0.2, 0.25) is 0 Å². The highest BCUT2D eigenvalue weighted by Crippen LogP contribution is 2.26. The predicted octanol–water partition coefficient (Wildman–Crippen LogP) is 1.51. The normalized spacial score (nSPS) is 10.6. The summed E-state index contributed by atoms with van der Waals surface area (Å²) in [5.41, 5.74) is 8.14. The average molecular weight is 218 g/mol. The van der Waals surface area contributed by atoms with E-state index in [-0.39, 0.29) is 12.3 Å². The van der Waals surface area contributed by atoms with E-state index in [1.54, 1.807) is 7.11 Å². The van der Waals surface area contributed by atoms with Gasteiger partial charge < -0.3 is 15.5 Å². The van der Waals surface area contributed by atoms with Crippen molar-refractivity contribution in [2.45, 2.75) is 13.3 Å². The van der Waals surface area contributed by atoms with Gasteiger partial charge in [-0.25, -0.2) is 0 Å². The molecule has 2 aromatic rings. The Morgan fingerprint density at radius 2 is 2.25 bits per heavy atom. The first kappa shape index (κ1) is 10.5. The maximum Gasteiger partial charge on any atom is 0.221 e. The van der Waals surface area contributed by atoms with Gasteiger partial charge in [0.2, 0.25) is 5.91 Å². The minimum absolute atomic E-state index is 0.249. The van der Waals surface area contributed by atoms with Gasteiger partial charge >= 0.3 is 0 Å². The maximum atomic E-state index is 11.0. The molecule has 4 nitrogen and oxygen atoms in total. The molecule has 0 spiro atoms. The SMILES string of the molecule is COc1ccc2[nH]c(C)c(CC(N)=O)c2c1. The molecule has 0 aliphatic carbocycles. The summed E-state index contributed by atoms with van der Waals surface area (Å²) in [6.07, 6.45) is 0.249. The Kier molecular flexibility index (Phi) is 2.56. The van der Waals surface area contributed by atoms with E-state index in [2.05, 4.69) is 4.98 Å². The third kappa shape index (κ3) is 1.74. The second-order valence-electron chi connectivity index (χ2n) is 3.78. The largest absolute Gasteiger partial charge is 0.497 e. The van der Waals surface area contributed by atoms with E-state index in [9.17, 15) is 4.79 Å². The van der Waals surface area contributed by atoms with Crippen LogP contribution in [0, 0.1) is 6.92 Å². The number of methoxy groups -OCH3 is 1. The topological polar surface area (TPSA) is 68.1 Å². The van der Waals surface area contributed by atoms with Crippen LogP contribution in [0.3, 0.4) is 0 Å². The van der Waals surface area contributed by atoms with Crippen LogP contribution in [-0.2, 0) is 11.2 Å². The van der Waals surface area contributed by atoms with Crippen molar-refractivity contribution in [3.05, 3.63) is 29.5 Å². The van der Waals surface area contributed by atoms with Crippen LogP contribution in [0.25, 0.3) is 10.9 Å². The first-order valence-corrected chi connectivity index (χ1v) is 5.05. The number of benzene rings is 1. The highest BCUT2D eigenvalue weighted by atomic mass is 16.5. The number of primary amides is 1. The Morgan fingerprint density at radius 3 is 2.88 bits per heavy atom. The Morgan fingerprint density at radius 1 is 1.50 bits per heavy atom. The molecule has 0 fully saturated rings. The lowest BCUT2D eigenvalue weighted by Crippen LogP contribution is -2.13. The predicted molar refractivity (Wildman–Crippen MR) is 62.5 cm³/mol. The van der Waals surface area contributed by atoms with Crippen LogP contribution in [0.1, 0.15) is 11.3 Å². The molecule has 0 aliphatic rings. The van der Waals surface area contributed by atoms with E-state index < -0.39 is 0 Å². The minimum atomic E-state index is -0.327. The van der Waals surface area contributed by atoms with Crippen LogP contribution in [-0.4, -0.2) is 18.0 Å². The molecule has 0 radical (unpaired) electrons. The molecule has 4 heteroatoms. The molecule has 0 bridgehead atoms. The molecule has 1 heterocycles. The van der Waals surface area contributed by atoms with Gasteiger partial charge in [0.05, 0.1) is 13.5 Å². The number of hydrogen-bond donors (Lipinski definition) is 2. The van der Waals surface area contributed by atoms with Gasteiger partial charge in [0.15, 0.2) is 0 Å². The number of carbonyl (C=O) groups excluding carboxylic acids is 1. The summed E-state index contributed by atoms with van der Waals surface area (Å²) in [6, 6.07) is 5.73. The zero-order chi connectivity index (χ0) is 11.7. The van der Waals surface area contributed by atoms with Crippen molar-refractivity contribution < 1.29 is 9.53 Å². The summed E-state index contributed by atoms with van der Waals surface area (Å²) in [5.74, 6) is 0.448. The van der Waals surface area contributed by atoms with Crippen molar-refractivity contribution in [2.75, 3.05) is 7.11 Å². The van der Waals surface area contributed by atoms with Gasteiger partial charge in [-0.2, -0.15) is 0 Å². The van der Waals surface area contributed by atoms with Crippen molar-refractivity contribution in [1.82, 2.24) is 4.98 Å². The number of carbonyl (C=O) groups is 1. The number of aromatic nitrogens is 1. The molecule has 0 saturated heterocycles. The molecular formula is C12H14N2O2. The highest BCUT2D eigenvalue weighted by molar-refractivity contribution is 5.90. The maximum absolute atomic E-state index is 11.0. The van der Waals surface area contributed by atoms with E-state index in [1.165, 1.54) is 0 Å². The van der Waals surface area contributed by atoms with Crippen molar-refractivity contribution in [1.29, 1.82) is 0 Å². The van der Waals surface area contributed by atoms with E-state index in [0.717, 1.165) is 27.9 Å². The number of aryl methyl sites for hydroxylation is 1. The molecule has 84 valence electrons. The zero-order valence-corrected chi connectivity index (χ0v) is 9.33. The zero-order valence-electron chi connectivity index (χ0n) is 9.33. The third-order valence-electron chi connectivity index (χ3n) is 2.68. The van der Waals surface area contributed by atoms with Crippen LogP contribution < -0.4 is 10.5 Å². The summed E-state index contributed by atoms with van der Waals surface area (Å²) < 4.78 is 5.16. The van der Waals surface area contributed by atoms with Crippen molar-refractivity contribution in [3.63, 3.8) is 0 Å². The van der Waals surface area contributed by atoms with Gasteiger partial charge in [-0.05, 0) is 30.7 Å². The van der Waals surface area contributed by atoms with Gasteiger partial charge in [-0.15, -0.1) is 0 Å². The number of H-pyrrole nitrogens is 1. The summed E-state index contributed by atoms with van der Waals surface area (Å²) in [7, 11) is 1.62. The van der Waals surface area contributed by atoms with Gasteiger partial charge in [0.25, 0.3) is 0 Å².